The number of benzene rings is 1. The molecule has 0 heterocycles. The van der Waals surface area contributed by atoms with Crippen molar-refractivity contribution in [1.29, 1.82) is 0 Å². The van der Waals surface area contributed by atoms with Gasteiger partial charge in [0.15, 0.2) is 0 Å². The number of hydrogen-bond acceptors (Lipinski definition) is 2. The van der Waals surface area contributed by atoms with E-state index in [1.165, 1.54) is 6.07 Å². The van der Waals surface area contributed by atoms with Crippen molar-refractivity contribution in [3.8, 4) is 0 Å². The van der Waals surface area contributed by atoms with E-state index >= 15 is 0 Å². The van der Waals surface area contributed by atoms with Crippen molar-refractivity contribution < 1.29 is 18.3 Å². The highest BCUT2D eigenvalue weighted by atomic mass is 19.4. The molecule has 0 saturated carbocycles. The molecule has 1 aromatic carbocycles. The first-order chi connectivity index (χ1) is 9.37. The summed E-state index contributed by atoms with van der Waals surface area (Å²) in [6.07, 6.45) is -2.65. The number of nitrogens with one attached hydrogen (secondary N) is 1. The molecule has 0 radical (unpaired) electrons. The van der Waals surface area contributed by atoms with Crippen molar-refractivity contribution in [2.75, 3.05) is 13.2 Å². The van der Waals surface area contributed by atoms with Crippen LogP contribution in [0, 0.1) is 5.41 Å². The van der Waals surface area contributed by atoms with Gasteiger partial charge in [-0.05, 0) is 24.5 Å². The summed E-state index contributed by atoms with van der Waals surface area (Å²) in [6, 6.07) is 5.31. The van der Waals surface area contributed by atoms with Gasteiger partial charge in [-0.3, -0.25) is 0 Å². The number of hydrogen-bond donors (Lipinski definition) is 2. The summed E-state index contributed by atoms with van der Waals surface area (Å²) in [5.41, 5.74) is -0.225. The van der Waals surface area contributed by atoms with Gasteiger partial charge >= 0.3 is 6.18 Å². The van der Waals surface area contributed by atoms with E-state index in [2.05, 4.69) is 5.32 Å². The Balaban J connectivity index is 2.62. The van der Waals surface area contributed by atoms with Crippen LogP contribution in [0.5, 0.6) is 0 Å². The van der Waals surface area contributed by atoms with Crippen LogP contribution in [0.1, 0.15) is 37.8 Å². The predicted molar refractivity (Wildman–Crippen MR) is 73.3 cm³/mol. The zero-order valence-corrected chi connectivity index (χ0v) is 11.9. The molecule has 0 aliphatic rings. The van der Waals surface area contributed by atoms with E-state index in [1.807, 2.05) is 13.8 Å². The average Bonchev–Trinajstić information content (AvgIpc) is 2.44. The van der Waals surface area contributed by atoms with Gasteiger partial charge in [-0.1, -0.05) is 32.0 Å². The lowest BCUT2D eigenvalue weighted by molar-refractivity contribution is -0.137. The van der Waals surface area contributed by atoms with Gasteiger partial charge in [0, 0.05) is 25.1 Å². The molecule has 0 atom stereocenters. The second kappa shape index (κ2) is 7.09. The second-order valence-electron chi connectivity index (χ2n) is 5.17. The van der Waals surface area contributed by atoms with Gasteiger partial charge in [0.2, 0.25) is 0 Å². The Morgan fingerprint density at radius 1 is 1.15 bits per heavy atom. The molecule has 0 aliphatic carbocycles. The highest BCUT2D eigenvalue weighted by Crippen LogP contribution is 2.29. The summed E-state index contributed by atoms with van der Waals surface area (Å²) in [6.45, 7) is 5.05. The number of aliphatic hydroxyl groups is 1. The zero-order chi connectivity index (χ0) is 15.2. The van der Waals surface area contributed by atoms with Crippen LogP contribution in [0.3, 0.4) is 0 Å². The number of rotatable bonds is 7. The monoisotopic (exact) mass is 289 g/mol. The SMILES string of the molecule is CCC(CC)(CO)CNCc1cccc(C(F)(F)F)c1. The smallest absolute Gasteiger partial charge is 0.396 e. The Kier molecular flexibility index (Phi) is 6.02. The van der Waals surface area contributed by atoms with Crippen molar-refractivity contribution in [2.24, 2.45) is 5.41 Å². The third-order valence-corrected chi connectivity index (χ3v) is 3.92. The van der Waals surface area contributed by atoms with Gasteiger partial charge in [0.1, 0.15) is 0 Å². The molecule has 0 saturated heterocycles. The molecule has 1 aromatic rings. The van der Waals surface area contributed by atoms with Crippen LogP contribution < -0.4 is 5.32 Å². The predicted octanol–water partition coefficient (Wildman–Crippen LogP) is 3.59. The molecular formula is C15H22F3NO. The molecule has 1 rings (SSSR count). The van der Waals surface area contributed by atoms with E-state index in [0.717, 1.165) is 25.0 Å². The molecular weight excluding hydrogens is 267 g/mol. The normalized spacial score (nSPS) is 12.7. The maximum Gasteiger partial charge on any atom is 0.416 e. The number of halogens is 3. The van der Waals surface area contributed by atoms with Gasteiger partial charge in [0.25, 0.3) is 0 Å². The number of aliphatic hydroxyl groups excluding tert-OH is 1. The Morgan fingerprint density at radius 2 is 1.80 bits per heavy atom. The topological polar surface area (TPSA) is 32.3 Å². The van der Waals surface area contributed by atoms with Gasteiger partial charge in [-0.25, -0.2) is 0 Å². The lowest BCUT2D eigenvalue weighted by atomic mass is 9.83. The average molecular weight is 289 g/mol. The summed E-state index contributed by atoms with van der Waals surface area (Å²) in [5, 5.41) is 12.6. The molecule has 0 bridgehead atoms. The minimum Gasteiger partial charge on any atom is -0.396 e. The Morgan fingerprint density at radius 3 is 2.30 bits per heavy atom. The van der Waals surface area contributed by atoms with Crippen molar-refractivity contribution in [3.05, 3.63) is 35.4 Å². The van der Waals surface area contributed by atoms with Gasteiger partial charge in [-0.2, -0.15) is 13.2 Å². The fourth-order valence-corrected chi connectivity index (χ4v) is 2.11. The van der Waals surface area contributed by atoms with Crippen LogP contribution in [0.4, 0.5) is 13.2 Å². The minimum atomic E-state index is -4.31. The highest BCUT2D eigenvalue weighted by Gasteiger charge is 2.30. The summed E-state index contributed by atoms with van der Waals surface area (Å²) in [5.74, 6) is 0. The number of alkyl halides is 3. The Bertz CT molecular complexity index is 406. The third-order valence-electron chi connectivity index (χ3n) is 3.92. The van der Waals surface area contributed by atoms with Crippen LogP contribution in [0.25, 0.3) is 0 Å². The van der Waals surface area contributed by atoms with Crippen LogP contribution in [0.2, 0.25) is 0 Å². The van der Waals surface area contributed by atoms with Crippen LogP contribution in [-0.2, 0) is 12.7 Å². The van der Waals surface area contributed by atoms with E-state index in [4.69, 9.17) is 0 Å². The molecule has 0 fully saturated rings. The zero-order valence-electron chi connectivity index (χ0n) is 11.9. The van der Waals surface area contributed by atoms with Crippen LogP contribution in [-0.4, -0.2) is 18.3 Å². The van der Waals surface area contributed by atoms with E-state index in [9.17, 15) is 18.3 Å². The van der Waals surface area contributed by atoms with Crippen molar-refractivity contribution in [3.63, 3.8) is 0 Å². The molecule has 0 aliphatic heterocycles. The Labute approximate surface area is 118 Å². The quantitative estimate of drug-likeness (QED) is 0.804. The first-order valence-corrected chi connectivity index (χ1v) is 6.84. The largest absolute Gasteiger partial charge is 0.416 e. The molecule has 2 N–H and O–H groups in total. The highest BCUT2D eigenvalue weighted by molar-refractivity contribution is 5.25. The molecule has 0 amide bonds. The van der Waals surface area contributed by atoms with Crippen molar-refractivity contribution in [1.82, 2.24) is 5.32 Å². The first-order valence-electron chi connectivity index (χ1n) is 6.84. The van der Waals surface area contributed by atoms with Gasteiger partial charge < -0.3 is 10.4 Å². The lowest BCUT2D eigenvalue weighted by Gasteiger charge is -2.29. The van der Waals surface area contributed by atoms with E-state index < -0.39 is 11.7 Å². The first kappa shape index (κ1) is 17.0. The third kappa shape index (κ3) is 4.49. The lowest BCUT2D eigenvalue weighted by Crippen LogP contribution is -2.36. The van der Waals surface area contributed by atoms with Crippen LogP contribution in [0.15, 0.2) is 24.3 Å². The molecule has 0 unspecified atom stereocenters. The Hall–Kier alpha value is -1.07. The maximum absolute atomic E-state index is 12.6. The summed E-state index contributed by atoms with van der Waals surface area (Å²) in [4.78, 5) is 0. The van der Waals surface area contributed by atoms with E-state index in [0.29, 0.717) is 18.7 Å². The van der Waals surface area contributed by atoms with Gasteiger partial charge in [0.05, 0.1) is 5.56 Å². The molecule has 20 heavy (non-hydrogen) atoms. The fraction of sp³-hybridized carbons (Fsp3) is 0.600. The molecule has 0 aromatic heterocycles. The summed E-state index contributed by atoms with van der Waals surface area (Å²) < 4.78 is 37.8. The van der Waals surface area contributed by atoms with Crippen molar-refractivity contribution >= 4 is 0 Å². The minimum absolute atomic E-state index is 0.0790. The second-order valence-corrected chi connectivity index (χ2v) is 5.17. The molecule has 2 nitrogen and oxygen atoms in total. The van der Waals surface area contributed by atoms with Crippen LogP contribution >= 0.6 is 0 Å². The summed E-state index contributed by atoms with van der Waals surface area (Å²) >= 11 is 0. The fourth-order valence-electron chi connectivity index (χ4n) is 2.11. The standard InChI is InChI=1S/C15H22F3NO/c1-3-14(4-2,11-20)10-19-9-12-6-5-7-13(8-12)15(16,17)18/h5-8,19-20H,3-4,9-11H2,1-2H3. The maximum atomic E-state index is 12.6. The van der Waals surface area contributed by atoms with Gasteiger partial charge in [-0.15, -0.1) is 0 Å². The van der Waals surface area contributed by atoms with E-state index in [1.54, 1.807) is 6.07 Å². The molecule has 5 heteroatoms. The summed E-state index contributed by atoms with van der Waals surface area (Å²) in [7, 11) is 0. The molecule has 0 spiro atoms. The van der Waals surface area contributed by atoms with Crippen molar-refractivity contribution in [2.45, 2.75) is 39.4 Å². The molecule has 114 valence electrons. The van der Waals surface area contributed by atoms with E-state index in [-0.39, 0.29) is 12.0 Å².